The van der Waals surface area contributed by atoms with Crippen molar-refractivity contribution in [1.82, 2.24) is 5.32 Å². The van der Waals surface area contributed by atoms with Gasteiger partial charge in [0.05, 0.1) is 17.5 Å². The van der Waals surface area contributed by atoms with Crippen LogP contribution in [0.2, 0.25) is 0 Å². The molecule has 0 saturated carbocycles. The van der Waals surface area contributed by atoms with Gasteiger partial charge in [0.1, 0.15) is 5.54 Å². The summed E-state index contributed by atoms with van der Waals surface area (Å²) in [6.07, 6.45) is 0.526. The predicted molar refractivity (Wildman–Crippen MR) is 123 cm³/mol. The Balaban J connectivity index is 1.87. The Morgan fingerprint density at radius 1 is 1.09 bits per heavy atom. The van der Waals surface area contributed by atoms with Gasteiger partial charge in [0, 0.05) is 11.6 Å². The highest BCUT2D eigenvalue weighted by molar-refractivity contribution is 6.24. The topological polar surface area (TPSA) is 104 Å². The highest BCUT2D eigenvalue weighted by Gasteiger charge is 2.70. The summed E-state index contributed by atoms with van der Waals surface area (Å²) in [4.78, 5) is 53.0. The normalized spacial score (nSPS) is 27.5. The summed E-state index contributed by atoms with van der Waals surface area (Å²) in [6, 6.07) is 13.2. The first kappa shape index (κ1) is 22.9. The molecule has 2 saturated heterocycles. The number of carbonyl (C=O) groups is 4. The highest BCUT2D eigenvalue weighted by Crippen LogP contribution is 2.53. The number of aliphatic carboxylic acids is 1. The Morgan fingerprint density at radius 2 is 1.73 bits per heavy atom. The van der Waals surface area contributed by atoms with Gasteiger partial charge in [-0.25, -0.2) is 4.90 Å². The molecule has 2 aliphatic rings. The average molecular weight is 449 g/mol. The van der Waals surface area contributed by atoms with Crippen molar-refractivity contribution in [2.75, 3.05) is 4.90 Å². The van der Waals surface area contributed by atoms with Gasteiger partial charge in [-0.2, -0.15) is 0 Å². The second kappa shape index (κ2) is 8.23. The fraction of sp³-hybridized carbons (Fsp3) is 0.385. The van der Waals surface area contributed by atoms with Crippen molar-refractivity contribution in [3.05, 3.63) is 65.2 Å². The van der Waals surface area contributed by atoms with Crippen molar-refractivity contribution in [1.29, 1.82) is 0 Å². The Labute approximate surface area is 192 Å². The summed E-state index contributed by atoms with van der Waals surface area (Å²) in [5.74, 6) is -4.49. The van der Waals surface area contributed by atoms with Crippen LogP contribution < -0.4 is 10.2 Å². The largest absolute Gasteiger partial charge is 0.480 e. The molecule has 0 bridgehead atoms. The number of nitrogens with zero attached hydrogens (tertiary/aromatic N) is 1. The van der Waals surface area contributed by atoms with Gasteiger partial charge in [0.2, 0.25) is 11.8 Å². The monoisotopic (exact) mass is 448 g/mol. The van der Waals surface area contributed by atoms with Crippen LogP contribution in [-0.2, 0) is 14.4 Å². The lowest BCUT2D eigenvalue weighted by molar-refractivity contribution is -0.151. The number of ketones is 1. The van der Waals surface area contributed by atoms with Crippen molar-refractivity contribution in [2.24, 2.45) is 17.8 Å². The third-order valence-electron chi connectivity index (χ3n) is 7.39. The van der Waals surface area contributed by atoms with Crippen LogP contribution in [0.1, 0.15) is 54.7 Å². The van der Waals surface area contributed by atoms with Crippen LogP contribution >= 0.6 is 0 Å². The number of hydrogen-bond acceptors (Lipinski definition) is 5. The third-order valence-corrected chi connectivity index (χ3v) is 7.39. The summed E-state index contributed by atoms with van der Waals surface area (Å²) >= 11 is 0. The molecule has 0 radical (unpaired) electrons. The third kappa shape index (κ3) is 3.30. The molecule has 4 rings (SSSR count). The zero-order chi connectivity index (χ0) is 24.1. The molecule has 2 aromatic rings. The number of benzene rings is 2. The van der Waals surface area contributed by atoms with Crippen molar-refractivity contribution in [2.45, 2.75) is 45.7 Å². The first-order valence-electron chi connectivity index (χ1n) is 11.2. The Bertz CT molecular complexity index is 1140. The van der Waals surface area contributed by atoms with Gasteiger partial charge in [-0.3, -0.25) is 24.5 Å². The molecule has 0 aromatic heterocycles. The maximum atomic E-state index is 13.8. The molecule has 2 aromatic carbocycles. The fourth-order valence-electron chi connectivity index (χ4n) is 5.43. The zero-order valence-electron chi connectivity index (χ0n) is 19.2. The molecule has 7 nitrogen and oxygen atoms in total. The molecule has 5 unspecified atom stereocenters. The van der Waals surface area contributed by atoms with Gasteiger partial charge in [-0.1, -0.05) is 44.5 Å². The predicted octanol–water partition coefficient (Wildman–Crippen LogP) is 3.52. The number of Topliss-reactive ketones (excluding diaryl/α,β-unsaturated/α-hetero) is 1. The molecule has 33 heavy (non-hydrogen) atoms. The number of imide groups is 1. The number of aryl methyl sites for hydroxylation is 1. The van der Waals surface area contributed by atoms with E-state index in [-0.39, 0.29) is 5.78 Å². The van der Waals surface area contributed by atoms with E-state index in [1.807, 2.05) is 38.1 Å². The fourth-order valence-corrected chi connectivity index (χ4v) is 5.43. The van der Waals surface area contributed by atoms with Crippen LogP contribution in [0.5, 0.6) is 0 Å². The molecule has 5 atom stereocenters. The first-order valence-corrected chi connectivity index (χ1v) is 11.2. The summed E-state index contributed by atoms with van der Waals surface area (Å²) < 4.78 is 0. The van der Waals surface area contributed by atoms with Crippen molar-refractivity contribution < 1.29 is 24.3 Å². The van der Waals surface area contributed by atoms with Gasteiger partial charge in [0.25, 0.3) is 0 Å². The van der Waals surface area contributed by atoms with Crippen molar-refractivity contribution in [3.63, 3.8) is 0 Å². The number of fused-ring (bicyclic) bond motifs is 1. The zero-order valence-corrected chi connectivity index (χ0v) is 19.2. The van der Waals surface area contributed by atoms with E-state index in [1.54, 1.807) is 31.2 Å². The van der Waals surface area contributed by atoms with Crippen LogP contribution in [0.15, 0.2) is 48.5 Å². The lowest BCUT2D eigenvalue weighted by Gasteiger charge is -2.36. The van der Waals surface area contributed by atoms with E-state index in [0.29, 0.717) is 17.7 Å². The maximum Gasteiger partial charge on any atom is 0.325 e. The minimum absolute atomic E-state index is 0.122. The van der Waals surface area contributed by atoms with E-state index >= 15 is 0 Å². The van der Waals surface area contributed by atoms with E-state index in [1.165, 1.54) is 6.92 Å². The van der Waals surface area contributed by atoms with Gasteiger partial charge in [-0.15, -0.1) is 0 Å². The SMILES string of the molecule is CCC(C)C1(C(=O)O)NC(c2ccccc2C)C2C(=O)N(c3ccc(C(C)=O)cc3)C(=O)C21. The molecule has 0 spiro atoms. The number of carbonyl (C=O) groups excluding carboxylic acids is 3. The molecule has 2 N–H and O–H groups in total. The lowest BCUT2D eigenvalue weighted by atomic mass is 9.72. The smallest absolute Gasteiger partial charge is 0.325 e. The maximum absolute atomic E-state index is 13.8. The van der Waals surface area contributed by atoms with E-state index < -0.39 is 47.1 Å². The van der Waals surface area contributed by atoms with E-state index in [9.17, 15) is 24.3 Å². The minimum atomic E-state index is -1.58. The van der Waals surface area contributed by atoms with Crippen LogP contribution in [-0.4, -0.2) is 34.2 Å². The minimum Gasteiger partial charge on any atom is -0.480 e. The molecule has 7 heteroatoms. The molecular formula is C26H28N2O5. The Hall–Kier alpha value is -3.32. The van der Waals surface area contributed by atoms with Crippen LogP contribution in [0.25, 0.3) is 0 Å². The van der Waals surface area contributed by atoms with Crippen LogP contribution in [0.3, 0.4) is 0 Å². The molecule has 2 fully saturated rings. The summed E-state index contributed by atoms with van der Waals surface area (Å²) in [6.45, 7) is 7.04. The number of carboxylic acid groups (broad SMARTS) is 1. The molecule has 0 aliphatic carbocycles. The number of hydrogen-bond donors (Lipinski definition) is 2. The van der Waals surface area contributed by atoms with Gasteiger partial charge in [-0.05, 0) is 55.2 Å². The van der Waals surface area contributed by atoms with E-state index in [0.717, 1.165) is 16.0 Å². The Kier molecular flexibility index (Phi) is 5.70. The number of carboxylic acids is 1. The van der Waals surface area contributed by atoms with Crippen LogP contribution in [0.4, 0.5) is 5.69 Å². The quantitative estimate of drug-likeness (QED) is 0.518. The van der Waals surface area contributed by atoms with Gasteiger partial charge >= 0.3 is 5.97 Å². The first-order chi connectivity index (χ1) is 15.6. The molecule has 2 heterocycles. The number of rotatable bonds is 6. The lowest BCUT2D eigenvalue weighted by Crippen LogP contribution is -2.59. The summed E-state index contributed by atoms with van der Waals surface area (Å²) in [5.41, 5.74) is 0.971. The summed E-state index contributed by atoms with van der Waals surface area (Å²) in [7, 11) is 0. The van der Waals surface area contributed by atoms with E-state index in [2.05, 4.69) is 5.32 Å². The number of anilines is 1. The molecule has 2 amide bonds. The van der Waals surface area contributed by atoms with Gasteiger partial charge in [0.15, 0.2) is 5.78 Å². The summed E-state index contributed by atoms with van der Waals surface area (Å²) in [5, 5.41) is 13.7. The molecule has 172 valence electrons. The second-order valence-electron chi connectivity index (χ2n) is 9.08. The number of nitrogens with one attached hydrogen (secondary N) is 1. The van der Waals surface area contributed by atoms with Crippen molar-refractivity contribution in [3.8, 4) is 0 Å². The van der Waals surface area contributed by atoms with Gasteiger partial charge < -0.3 is 5.11 Å². The van der Waals surface area contributed by atoms with E-state index in [4.69, 9.17) is 0 Å². The highest BCUT2D eigenvalue weighted by atomic mass is 16.4. The molecular weight excluding hydrogens is 420 g/mol. The average Bonchev–Trinajstić information content (AvgIpc) is 3.28. The van der Waals surface area contributed by atoms with Crippen molar-refractivity contribution >= 4 is 29.3 Å². The standard InChI is InChI=1S/C26H28N2O5/c1-5-15(3)26(25(32)33)21-20(22(27-26)19-9-7-6-8-14(19)2)23(30)28(24(21)31)18-12-10-17(11-13-18)16(4)29/h6-13,15,20-22,27H,5H2,1-4H3,(H,32,33). The molecule has 2 aliphatic heterocycles. The number of amides is 2. The Morgan fingerprint density at radius 3 is 2.27 bits per heavy atom. The second-order valence-corrected chi connectivity index (χ2v) is 9.08. The van der Waals surface area contributed by atoms with Crippen LogP contribution in [0, 0.1) is 24.7 Å².